The fourth-order valence-corrected chi connectivity index (χ4v) is 2.24. The number of rotatable bonds is 3. The van der Waals surface area contributed by atoms with Crippen LogP contribution in [-0.2, 0) is 4.79 Å². The van der Waals surface area contributed by atoms with Crippen LogP contribution in [0.5, 0.6) is 0 Å². The first-order valence-electron chi connectivity index (χ1n) is 5.19. The zero-order valence-electron chi connectivity index (χ0n) is 9.21. The minimum atomic E-state index is -0.233. The molecule has 0 bridgehead atoms. The van der Waals surface area contributed by atoms with Crippen molar-refractivity contribution in [3.8, 4) is 0 Å². The van der Waals surface area contributed by atoms with E-state index in [-0.39, 0.29) is 24.5 Å². The van der Waals surface area contributed by atoms with Crippen molar-refractivity contribution in [3.05, 3.63) is 12.3 Å². The predicted molar refractivity (Wildman–Crippen MR) is 61.5 cm³/mol. The van der Waals surface area contributed by atoms with Gasteiger partial charge in [-0.1, -0.05) is 6.92 Å². The number of hydrogen-bond acceptors (Lipinski definition) is 4. The summed E-state index contributed by atoms with van der Waals surface area (Å²) in [5.41, 5.74) is 0. The maximum atomic E-state index is 12.0. The lowest BCUT2D eigenvalue weighted by Crippen LogP contribution is -2.37. The summed E-state index contributed by atoms with van der Waals surface area (Å²) in [6, 6.07) is 1.54. The molecule has 1 aromatic rings. The van der Waals surface area contributed by atoms with Gasteiger partial charge in [-0.05, 0) is 30.9 Å². The van der Waals surface area contributed by atoms with E-state index in [2.05, 4.69) is 4.37 Å². The molecule has 1 fully saturated rings. The van der Waals surface area contributed by atoms with Crippen molar-refractivity contribution in [2.45, 2.75) is 26.3 Å². The van der Waals surface area contributed by atoms with Gasteiger partial charge in [0.05, 0.1) is 0 Å². The third-order valence-electron chi connectivity index (χ3n) is 2.76. The molecule has 0 N–H and O–H groups in total. The van der Waals surface area contributed by atoms with Gasteiger partial charge >= 0.3 is 6.03 Å². The number of aromatic nitrogens is 1. The van der Waals surface area contributed by atoms with Gasteiger partial charge in [-0.25, -0.2) is 9.69 Å². The molecule has 3 amide bonds. The lowest BCUT2D eigenvalue weighted by Gasteiger charge is -2.21. The molecular weight excluding hydrogens is 226 g/mol. The monoisotopic (exact) mass is 239 g/mol. The molecule has 2 heterocycles. The van der Waals surface area contributed by atoms with Crippen molar-refractivity contribution in [2.24, 2.45) is 0 Å². The van der Waals surface area contributed by atoms with Crippen LogP contribution in [0, 0.1) is 0 Å². The maximum absolute atomic E-state index is 12.0. The molecule has 6 heteroatoms. The molecule has 0 aromatic carbocycles. The van der Waals surface area contributed by atoms with Crippen LogP contribution in [0.1, 0.15) is 20.3 Å². The maximum Gasteiger partial charge on any atom is 0.332 e. The molecule has 16 heavy (non-hydrogen) atoms. The number of amides is 3. The Balaban J connectivity index is 2.24. The second kappa shape index (κ2) is 4.21. The number of imide groups is 1. The van der Waals surface area contributed by atoms with E-state index in [9.17, 15) is 9.59 Å². The summed E-state index contributed by atoms with van der Waals surface area (Å²) in [6.07, 6.45) is 2.43. The van der Waals surface area contributed by atoms with Crippen molar-refractivity contribution < 1.29 is 9.59 Å². The Kier molecular flexibility index (Phi) is 2.91. The third-order valence-corrected chi connectivity index (χ3v) is 3.49. The van der Waals surface area contributed by atoms with E-state index in [1.54, 1.807) is 17.2 Å². The highest BCUT2D eigenvalue weighted by Crippen LogP contribution is 2.25. The first kappa shape index (κ1) is 11.1. The summed E-state index contributed by atoms with van der Waals surface area (Å²) < 4.78 is 3.90. The Bertz CT molecular complexity index is 404. The molecule has 1 aliphatic heterocycles. The van der Waals surface area contributed by atoms with E-state index in [1.165, 1.54) is 4.90 Å². The highest BCUT2D eigenvalue weighted by atomic mass is 32.1. The SMILES string of the molecule is CC[C@H](C)N1CC(=O)N(c2ccns2)C1=O. The van der Waals surface area contributed by atoms with E-state index in [1.807, 2.05) is 13.8 Å². The predicted octanol–water partition coefficient (Wildman–Crippen LogP) is 1.71. The summed E-state index contributed by atoms with van der Waals surface area (Å²) in [5.74, 6) is -0.172. The molecule has 86 valence electrons. The average Bonchev–Trinajstić information content (AvgIpc) is 2.86. The minimum Gasteiger partial charge on any atom is -0.312 e. The number of carbonyl (C=O) groups is 2. The van der Waals surface area contributed by atoms with Crippen LogP contribution in [0.25, 0.3) is 0 Å². The van der Waals surface area contributed by atoms with Crippen LogP contribution < -0.4 is 4.90 Å². The van der Waals surface area contributed by atoms with Gasteiger partial charge in [0.1, 0.15) is 11.5 Å². The number of carbonyl (C=O) groups excluding carboxylic acids is 2. The van der Waals surface area contributed by atoms with E-state index in [4.69, 9.17) is 0 Å². The average molecular weight is 239 g/mol. The molecule has 0 unspecified atom stereocenters. The molecule has 1 saturated heterocycles. The summed E-state index contributed by atoms with van der Waals surface area (Å²) >= 11 is 1.16. The van der Waals surface area contributed by atoms with Gasteiger partial charge in [0.25, 0.3) is 5.91 Å². The quantitative estimate of drug-likeness (QED) is 0.754. The second-order valence-electron chi connectivity index (χ2n) is 3.75. The standard InChI is InChI=1S/C10H13N3O2S/c1-3-7(2)12-6-8(14)13(10(12)15)9-4-5-11-16-9/h4-5,7H,3,6H2,1-2H3/t7-/m0/s1. The Morgan fingerprint density at radius 3 is 2.88 bits per heavy atom. The van der Waals surface area contributed by atoms with Gasteiger partial charge < -0.3 is 4.90 Å². The van der Waals surface area contributed by atoms with Gasteiger partial charge in [-0.3, -0.25) is 4.79 Å². The number of nitrogens with zero attached hydrogens (tertiary/aromatic N) is 3. The second-order valence-corrected chi connectivity index (χ2v) is 4.56. The smallest absolute Gasteiger partial charge is 0.312 e. The Labute approximate surface area is 97.8 Å². The molecule has 5 nitrogen and oxygen atoms in total. The number of urea groups is 1. The Hall–Kier alpha value is -1.43. The molecule has 0 aliphatic carbocycles. The molecule has 1 aromatic heterocycles. The first-order chi connectivity index (χ1) is 7.65. The van der Waals surface area contributed by atoms with Crippen LogP contribution in [0.2, 0.25) is 0 Å². The molecule has 1 atom stereocenters. The van der Waals surface area contributed by atoms with E-state index >= 15 is 0 Å². The first-order valence-corrected chi connectivity index (χ1v) is 5.96. The summed E-state index contributed by atoms with van der Waals surface area (Å²) in [7, 11) is 0. The summed E-state index contributed by atoms with van der Waals surface area (Å²) in [4.78, 5) is 26.6. The normalized spacial score (nSPS) is 18.4. The van der Waals surface area contributed by atoms with E-state index in [0.29, 0.717) is 5.00 Å². The largest absolute Gasteiger partial charge is 0.332 e. The van der Waals surface area contributed by atoms with Crippen molar-refractivity contribution in [3.63, 3.8) is 0 Å². The van der Waals surface area contributed by atoms with Gasteiger partial charge in [-0.2, -0.15) is 4.37 Å². The molecule has 0 radical (unpaired) electrons. The highest BCUT2D eigenvalue weighted by Gasteiger charge is 2.39. The molecular formula is C10H13N3O2S. The molecule has 2 rings (SSSR count). The van der Waals surface area contributed by atoms with Crippen LogP contribution in [0.4, 0.5) is 9.80 Å². The fraction of sp³-hybridized carbons (Fsp3) is 0.500. The van der Waals surface area contributed by atoms with Crippen LogP contribution in [0.15, 0.2) is 12.3 Å². The molecule has 0 saturated carbocycles. The summed E-state index contributed by atoms with van der Waals surface area (Å²) in [5, 5.41) is 0.598. The van der Waals surface area contributed by atoms with E-state index in [0.717, 1.165) is 18.0 Å². The third kappa shape index (κ3) is 1.69. The topological polar surface area (TPSA) is 53.5 Å². The zero-order chi connectivity index (χ0) is 11.7. The fourth-order valence-electron chi connectivity index (χ4n) is 1.63. The van der Waals surface area contributed by atoms with Crippen LogP contribution in [0.3, 0.4) is 0 Å². The minimum absolute atomic E-state index is 0.0920. The van der Waals surface area contributed by atoms with E-state index < -0.39 is 0 Å². The molecule has 1 aliphatic rings. The van der Waals surface area contributed by atoms with Crippen molar-refractivity contribution in [2.75, 3.05) is 11.4 Å². The lowest BCUT2D eigenvalue weighted by molar-refractivity contribution is -0.116. The van der Waals surface area contributed by atoms with Gasteiger partial charge in [0.15, 0.2) is 0 Å². The zero-order valence-corrected chi connectivity index (χ0v) is 10.0. The Morgan fingerprint density at radius 2 is 2.31 bits per heavy atom. The number of anilines is 1. The molecule has 0 spiro atoms. The van der Waals surface area contributed by atoms with Crippen molar-refractivity contribution in [1.82, 2.24) is 9.27 Å². The van der Waals surface area contributed by atoms with Crippen molar-refractivity contribution >= 4 is 28.5 Å². The Morgan fingerprint density at radius 1 is 1.56 bits per heavy atom. The van der Waals surface area contributed by atoms with Crippen molar-refractivity contribution in [1.29, 1.82) is 0 Å². The van der Waals surface area contributed by atoms with Gasteiger partial charge in [-0.15, -0.1) is 0 Å². The van der Waals surface area contributed by atoms with Crippen LogP contribution in [-0.4, -0.2) is 33.8 Å². The van der Waals surface area contributed by atoms with Crippen LogP contribution >= 0.6 is 11.5 Å². The summed E-state index contributed by atoms with van der Waals surface area (Å²) in [6.45, 7) is 4.12. The lowest BCUT2D eigenvalue weighted by atomic mass is 10.2. The number of hydrogen-bond donors (Lipinski definition) is 0. The van der Waals surface area contributed by atoms with Gasteiger partial charge in [0, 0.05) is 12.2 Å². The van der Waals surface area contributed by atoms with Gasteiger partial charge in [0.2, 0.25) is 0 Å². The highest BCUT2D eigenvalue weighted by molar-refractivity contribution is 7.10.